The Balaban J connectivity index is 2.26. The molecular formula is C9H22B3N3. The highest BCUT2D eigenvalue weighted by Gasteiger charge is 2.32. The van der Waals surface area contributed by atoms with Crippen molar-refractivity contribution in [2.24, 2.45) is 0 Å². The van der Waals surface area contributed by atoms with Crippen molar-refractivity contribution in [1.29, 1.82) is 0 Å². The van der Waals surface area contributed by atoms with Gasteiger partial charge in [0.2, 0.25) is 0 Å². The highest BCUT2D eigenvalue weighted by atomic mass is 15.2. The molecule has 0 aromatic rings. The van der Waals surface area contributed by atoms with Gasteiger partial charge in [0.25, 0.3) is 22.1 Å². The van der Waals surface area contributed by atoms with Crippen LogP contribution in [0.25, 0.3) is 0 Å². The predicted molar refractivity (Wildman–Crippen MR) is 69.5 cm³/mol. The lowest BCUT2D eigenvalue weighted by molar-refractivity contribution is 0.562. The van der Waals surface area contributed by atoms with Crippen LogP contribution in [0.15, 0.2) is 0 Å². The summed E-state index contributed by atoms with van der Waals surface area (Å²) in [5, 5.41) is 0. The van der Waals surface area contributed by atoms with Crippen LogP contribution in [0.4, 0.5) is 0 Å². The third kappa shape index (κ3) is 4.21. The molecule has 0 unspecified atom stereocenters. The molecule has 0 aromatic carbocycles. The van der Waals surface area contributed by atoms with Gasteiger partial charge >= 0.3 is 0 Å². The summed E-state index contributed by atoms with van der Waals surface area (Å²) in [6, 6.07) is 0. The largest absolute Gasteiger partial charge is 0.367 e. The van der Waals surface area contributed by atoms with Crippen LogP contribution in [0.3, 0.4) is 0 Å². The molecule has 6 heteroatoms. The lowest BCUT2D eigenvalue weighted by atomic mass is 9.56. The molecule has 2 radical (unpaired) electrons. The zero-order valence-electron chi connectivity index (χ0n) is 10.6. The van der Waals surface area contributed by atoms with E-state index in [0.29, 0.717) is 6.98 Å². The lowest BCUT2D eigenvalue weighted by Crippen LogP contribution is -2.64. The van der Waals surface area contributed by atoms with E-state index >= 15 is 0 Å². The quantitative estimate of drug-likeness (QED) is 0.488. The number of hydrogen-bond acceptors (Lipinski definition) is 3. The standard InChI is InChI=1S/C9H22B3N3/c1-5-6-7-8-9-12-14(3)10-13(2)11-15(12)4/h5-9H2,1-4H3. The first-order valence-electron chi connectivity index (χ1n) is 6.01. The number of rotatable bonds is 5. The smallest absolute Gasteiger partial charge is 0.290 e. The van der Waals surface area contributed by atoms with Gasteiger partial charge in [0.05, 0.1) is 0 Å². The van der Waals surface area contributed by atoms with E-state index in [0.717, 1.165) is 0 Å². The van der Waals surface area contributed by atoms with E-state index in [9.17, 15) is 0 Å². The van der Waals surface area contributed by atoms with E-state index in [4.69, 9.17) is 0 Å². The fourth-order valence-corrected chi connectivity index (χ4v) is 2.21. The lowest BCUT2D eigenvalue weighted by Gasteiger charge is -2.40. The molecule has 0 aliphatic carbocycles. The maximum Gasteiger partial charge on any atom is 0.290 e. The first-order chi connectivity index (χ1) is 7.15. The van der Waals surface area contributed by atoms with E-state index < -0.39 is 0 Å². The van der Waals surface area contributed by atoms with E-state index in [2.05, 4.69) is 57.3 Å². The topological polar surface area (TPSA) is 9.72 Å². The Kier molecular flexibility index (Phi) is 5.79. The Morgan fingerprint density at radius 1 is 0.933 bits per heavy atom. The Morgan fingerprint density at radius 3 is 2.07 bits per heavy atom. The molecule has 82 valence electrons. The summed E-state index contributed by atoms with van der Waals surface area (Å²) in [6.07, 6.45) is 6.64. The fourth-order valence-electron chi connectivity index (χ4n) is 2.21. The summed E-state index contributed by atoms with van der Waals surface area (Å²) in [4.78, 5) is 0. The second-order valence-corrected chi connectivity index (χ2v) is 4.56. The van der Waals surface area contributed by atoms with Crippen LogP contribution in [0.5, 0.6) is 0 Å². The van der Waals surface area contributed by atoms with Crippen LogP contribution in [-0.4, -0.2) is 57.4 Å². The van der Waals surface area contributed by atoms with Crippen molar-refractivity contribution in [3.8, 4) is 0 Å². The third-order valence-corrected chi connectivity index (χ3v) is 2.98. The van der Waals surface area contributed by atoms with Crippen LogP contribution in [0.2, 0.25) is 6.32 Å². The molecule has 15 heavy (non-hydrogen) atoms. The Labute approximate surface area is 96.9 Å². The molecule has 1 aliphatic heterocycles. The molecule has 0 N–H and O–H groups in total. The fraction of sp³-hybridized carbons (Fsp3) is 1.00. The Bertz CT molecular complexity index is 170. The second kappa shape index (κ2) is 6.61. The van der Waals surface area contributed by atoms with Gasteiger partial charge in [-0.2, -0.15) is 0 Å². The minimum Gasteiger partial charge on any atom is -0.367 e. The molecular weight excluding hydrogens is 183 g/mol. The molecule has 0 amide bonds. The van der Waals surface area contributed by atoms with Gasteiger partial charge in [0.15, 0.2) is 0 Å². The van der Waals surface area contributed by atoms with Gasteiger partial charge in [0, 0.05) is 0 Å². The SMILES string of the molecule is CCCCCCB1N(C)[B]N(C)[B]N1C. The monoisotopic (exact) mass is 205 g/mol. The molecule has 1 heterocycles. The van der Waals surface area contributed by atoms with Gasteiger partial charge < -0.3 is 14.2 Å². The molecule has 0 atom stereocenters. The summed E-state index contributed by atoms with van der Waals surface area (Å²) in [5.74, 6) is 0. The summed E-state index contributed by atoms with van der Waals surface area (Å²) >= 11 is 0. The van der Waals surface area contributed by atoms with Crippen LogP contribution < -0.4 is 0 Å². The van der Waals surface area contributed by atoms with Gasteiger partial charge in [-0.05, 0) is 27.5 Å². The summed E-state index contributed by atoms with van der Waals surface area (Å²) in [5.41, 5.74) is 0. The Morgan fingerprint density at radius 2 is 1.53 bits per heavy atom. The van der Waals surface area contributed by atoms with Crippen LogP contribution in [-0.2, 0) is 0 Å². The van der Waals surface area contributed by atoms with E-state index in [1.165, 1.54) is 32.0 Å². The highest BCUT2D eigenvalue weighted by molar-refractivity contribution is 6.73. The average Bonchev–Trinajstić information content (AvgIpc) is 2.15. The minimum atomic E-state index is 0.540. The summed E-state index contributed by atoms with van der Waals surface area (Å²) in [6.45, 7) is 2.80. The van der Waals surface area contributed by atoms with Crippen LogP contribution in [0.1, 0.15) is 32.6 Å². The van der Waals surface area contributed by atoms with Gasteiger partial charge in [-0.25, -0.2) is 0 Å². The zero-order valence-corrected chi connectivity index (χ0v) is 10.6. The van der Waals surface area contributed by atoms with Gasteiger partial charge in [-0.1, -0.05) is 32.6 Å². The second-order valence-electron chi connectivity index (χ2n) is 4.56. The van der Waals surface area contributed by atoms with Gasteiger partial charge in [-0.15, -0.1) is 0 Å². The van der Waals surface area contributed by atoms with Crippen molar-refractivity contribution < 1.29 is 0 Å². The van der Waals surface area contributed by atoms with E-state index in [1.54, 1.807) is 0 Å². The van der Waals surface area contributed by atoms with Crippen molar-refractivity contribution in [1.82, 2.24) is 14.2 Å². The van der Waals surface area contributed by atoms with Crippen molar-refractivity contribution in [2.45, 2.75) is 38.9 Å². The molecule has 0 aromatic heterocycles. The number of hydrogen-bond donors (Lipinski definition) is 0. The molecule has 3 nitrogen and oxygen atoms in total. The van der Waals surface area contributed by atoms with Gasteiger partial charge in [-0.3, -0.25) is 0 Å². The highest BCUT2D eigenvalue weighted by Crippen LogP contribution is 2.12. The van der Waals surface area contributed by atoms with Crippen molar-refractivity contribution in [3.63, 3.8) is 0 Å². The molecule has 1 aliphatic rings. The predicted octanol–water partition coefficient (Wildman–Crippen LogP) is 0.932. The molecule has 0 saturated carbocycles. The van der Waals surface area contributed by atoms with E-state index in [1.807, 2.05) is 0 Å². The maximum absolute atomic E-state index is 2.30. The molecule has 0 spiro atoms. The maximum atomic E-state index is 2.30. The zero-order chi connectivity index (χ0) is 11.3. The van der Waals surface area contributed by atoms with Crippen molar-refractivity contribution in [2.75, 3.05) is 21.1 Å². The minimum absolute atomic E-state index is 0.540. The van der Waals surface area contributed by atoms with Crippen molar-refractivity contribution in [3.05, 3.63) is 0 Å². The Hall–Kier alpha value is 0.0748. The first kappa shape index (κ1) is 13.1. The van der Waals surface area contributed by atoms with Gasteiger partial charge in [0.1, 0.15) is 0 Å². The molecule has 1 rings (SSSR count). The van der Waals surface area contributed by atoms with Crippen LogP contribution in [0, 0.1) is 0 Å². The average molecular weight is 205 g/mol. The third-order valence-electron chi connectivity index (χ3n) is 2.98. The number of nitrogens with zero attached hydrogens (tertiary/aromatic N) is 3. The number of unbranched alkanes of at least 4 members (excludes halogenated alkanes) is 3. The molecule has 0 bridgehead atoms. The van der Waals surface area contributed by atoms with Crippen LogP contribution >= 0.6 is 0 Å². The normalized spacial score (nSPS) is 20.1. The summed E-state index contributed by atoms with van der Waals surface area (Å²) in [7, 11) is 10.7. The first-order valence-corrected chi connectivity index (χ1v) is 6.01. The van der Waals surface area contributed by atoms with Crippen molar-refractivity contribution >= 4 is 22.1 Å². The van der Waals surface area contributed by atoms with E-state index in [-0.39, 0.29) is 0 Å². The molecule has 1 saturated heterocycles. The summed E-state index contributed by atoms with van der Waals surface area (Å²) < 4.78 is 6.69. The molecule has 1 fully saturated rings.